The lowest BCUT2D eigenvalue weighted by molar-refractivity contribution is 0.629. The maximum Gasteiger partial charge on any atom is 0.0951 e. The van der Waals surface area contributed by atoms with E-state index in [0.29, 0.717) is 0 Å². The summed E-state index contributed by atoms with van der Waals surface area (Å²) in [7, 11) is 0. The lowest BCUT2D eigenvalue weighted by Gasteiger charge is -2.10. The summed E-state index contributed by atoms with van der Waals surface area (Å²) in [6, 6.07) is 2.07. The number of aromatic nitrogens is 3. The van der Waals surface area contributed by atoms with Crippen molar-refractivity contribution in [3.63, 3.8) is 0 Å². The first-order valence-corrected chi connectivity index (χ1v) is 6.40. The minimum Gasteiger partial charge on any atom is -0.329 e. The Morgan fingerprint density at radius 1 is 1.28 bits per heavy atom. The topological polar surface area (TPSA) is 42.7 Å². The second kappa shape index (κ2) is 6.31. The normalized spacial score (nSPS) is 10.8. The van der Waals surface area contributed by atoms with Gasteiger partial charge < -0.3 is 9.88 Å². The summed E-state index contributed by atoms with van der Waals surface area (Å²) in [4.78, 5) is 8.35. The van der Waals surface area contributed by atoms with Crippen LogP contribution in [0, 0.1) is 6.92 Å². The minimum absolute atomic E-state index is 0.859. The third kappa shape index (κ3) is 3.17. The van der Waals surface area contributed by atoms with Crippen LogP contribution in [-0.2, 0) is 13.1 Å². The van der Waals surface area contributed by atoms with E-state index in [-0.39, 0.29) is 0 Å². The Bertz CT molecular complexity index is 490. The van der Waals surface area contributed by atoms with E-state index < -0.39 is 0 Å². The number of hydrogen-bond acceptors (Lipinski definition) is 3. The van der Waals surface area contributed by atoms with E-state index >= 15 is 0 Å². The van der Waals surface area contributed by atoms with Gasteiger partial charge in [0.2, 0.25) is 0 Å². The average Bonchev–Trinajstić information content (AvgIpc) is 2.80. The second-order valence-corrected chi connectivity index (χ2v) is 4.49. The molecule has 0 saturated carbocycles. The van der Waals surface area contributed by atoms with Gasteiger partial charge in [-0.15, -0.1) is 0 Å². The highest BCUT2D eigenvalue weighted by Crippen LogP contribution is 2.09. The fourth-order valence-corrected chi connectivity index (χ4v) is 1.89. The number of hydrogen-bond donors (Lipinski definition) is 1. The molecule has 0 atom stereocenters. The number of imidazole rings is 1. The molecule has 18 heavy (non-hydrogen) atoms. The summed E-state index contributed by atoms with van der Waals surface area (Å²) in [5, 5.41) is 3.41. The number of aryl methyl sites for hydroxylation is 1. The number of nitrogens with one attached hydrogen (secondary N) is 1. The molecule has 0 amide bonds. The molecule has 0 spiro atoms. The molecule has 0 saturated heterocycles. The van der Waals surface area contributed by atoms with Crippen molar-refractivity contribution in [1.82, 2.24) is 19.9 Å². The number of nitrogens with zero attached hydrogens (tertiary/aromatic N) is 3. The summed E-state index contributed by atoms with van der Waals surface area (Å²) in [5.41, 5.74) is 3.73. The van der Waals surface area contributed by atoms with Crippen molar-refractivity contribution in [3.05, 3.63) is 47.8 Å². The van der Waals surface area contributed by atoms with Gasteiger partial charge in [-0.3, -0.25) is 4.98 Å². The van der Waals surface area contributed by atoms with Gasteiger partial charge in [-0.1, -0.05) is 6.92 Å². The smallest absolute Gasteiger partial charge is 0.0951 e. The van der Waals surface area contributed by atoms with Crippen LogP contribution in [0.3, 0.4) is 0 Å². The maximum atomic E-state index is 4.23. The average molecular weight is 244 g/mol. The lowest BCUT2D eigenvalue weighted by atomic mass is 10.1. The monoisotopic (exact) mass is 244 g/mol. The molecule has 2 heterocycles. The summed E-state index contributed by atoms with van der Waals surface area (Å²) >= 11 is 0. The SMILES string of the molecule is CCCNCc1cncn1Cc1ccncc1C. The number of pyridine rings is 1. The van der Waals surface area contributed by atoms with Crippen molar-refractivity contribution in [1.29, 1.82) is 0 Å². The molecule has 1 N–H and O–H groups in total. The van der Waals surface area contributed by atoms with Crippen LogP contribution in [0.25, 0.3) is 0 Å². The van der Waals surface area contributed by atoms with Gasteiger partial charge in [-0.25, -0.2) is 4.98 Å². The zero-order chi connectivity index (χ0) is 12.8. The Labute approximate surface area is 108 Å². The highest BCUT2D eigenvalue weighted by Gasteiger charge is 2.04. The van der Waals surface area contributed by atoms with Gasteiger partial charge >= 0.3 is 0 Å². The van der Waals surface area contributed by atoms with Crippen LogP contribution in [0.15, 0.2) is 31.0 Å². The minimum atomic E-state index is 0.859. The van der Waals surface area contributed by atoms with Crippen LogP contribution in [0.4, 0.5) is 0 Å². The highest BCUT2D eigenvalue weighted by atomic mass is 15.1. The van der Waals surface area contributed by atoms with Crippen molar-refractivity contribution in [2.45, 2.75) is 33.4 Å². The van der Waals surface area contributed by atoms with Gasteiger partial charge in [0, 0.05) is 31.7 Å². The molecule has 2 aromatic rings. The quantitative estimate of drug-likeness (QED) is 0.792. The number of rotatable bonds is 6. The molecule has 0 aliphatic rings. The molecule has 0 aromatic carbocycles. The molecule has 2 rings (SSSR count). The molecular formula is C14H20N4. The Morgan fingerprint density at radius 3 is 2.94 bits per heavy atom. The molecule has 96 valence electrons. The van der Waals surface area contributed by atoms with Crippen LogP contribution in [0.5, 0.6) is 0 Å². The van der Waals surface area contributed by atoms with E-state index in [0.717, 1.165) is 26.1 Å². The van der Waals surface area contributed by atoms with E-state index in [1.54, 1.807) is 0 Å². The van der Waals surface area contributed by atoms with Gasteiger partial charge in [0.05, 0.1) is 12.0 Å². The van der Waals surface area contributed by atoms with Crippen molar-refractivity contribution >= 4 is 0 Å². The zero-order valence-electron chi connectivity index (χ0n) is 11.1. The Kier molecular flexibility index (Phi) is 4.47. The molecule has 0 aliphatic heterocycles. The fraction of sp³-hybridized carbons (Fsp3) is 0.429. The summed E-state index contributed by atoms with van der Waals surface area (Å²) in [6.45, 7) is 7.04. The van der Waals surface area contributed by atoms with Crippen molar-refractivity contribution in [2.75, 3.05) is 6.54 Å². The first kappa shape index (κ1) is 12.8. The van der Waals surface area contributed by atoms with E-state index in [1.165, 1.54) is 16.8 Å². The van der Waals surface area contributed by atoms with Gasteiger partial charge in [0.25, 0.3) is 0 Å². The van der Waals surface area contributed by atoms with Crippen molar-refractivity contribution in [3.8, 4) is 0 Å². The third-order valence-electron chi connectivity index (χ3n) is 3.01. The van der Waals surface area contributed by atoms with Crippen molar-refractivity contribution < 1.29 is 0 Å². The van der Waals surface area contributed by atoms with E-state index in [1.807, 2.05) is 24.9 Å². The first-order chi connectivity index (χ1) is 8.81. The van der Waals surface area contributed by atoms with Crippen LogP contribution in [0.2, 0.25) is 0 Å². The maximum absolute atomic E-state index is 4.23. The molecule has 0 aliphatic carbocycles. The third-order valence-corrected chi connectivity index (χ3v) is 3.01. The molecular weight excluding hydrogens is 224 g/mol. The highest BCUT2D eigenvalue weighted by molar-refractivity contribution is 5.22. The Morgan fingerprint density at radius 2 is 2.17 bits per heavy atom. The molecule has 0 bridgehead atoms. The standard InChI is InChI=1S/C14H20N4/c1-3-5-15-8-14-9-17-11-18(14)10-13-4-6-16-7-12(13)2/h4,6-7,9,11,15H,3,5,8,10H2,1-2H3. The van der Waals surface area contributed by atoms with Crippen LogP contribution in [-0.4, -0.2) is 21.1 Å². The summed E-state index contributed by atoms with van der Waals surface area (Å²) < 4.78 is 2.19. The summed E-state index contributed by atoms with van der Waals surface area (Å²) in [5.74, 6) is 0. The first-order valence-electron chi connectivity index (χ1n) is 6.40. The van der Waals surface area contributed by atoms with Gasteiger partial charge in [-0.2, -0.15) is 0 Å². The summed E-state index contributed by atoms with van der Waals surface area (Å²) in [6.07, 6.45) is 8.72. The Hall–Kier alpha value is -1.68. The Balaban J connectivity index is 2.05. The predicted octanol–water partition coefficient (Wildman–Crippen LogP) is 2.13. The zero-order valence-corrected chi connectivity index (χ0v) is 11.1. The van der Waals surface area contributed by atoms with Gasteiger partial charge in [0.1, 0.15) is 0 Å². The van der Waals surface area contributed by atoms with Crippen molar-refractivity contribution in [2.24, 2.45) is 0 Å². The van der Waals surface area contributed by atoms with Gasteiger partial charge in [0.15, 0.2) is 0 Å². The molecule has 0 radical (unpaired) electrons. The van der Waals surface area contributed by atoms with Crippen LogP contribution >= 0.6 is 0 Å². The van der Waals surface area contributed by atoms with E-state index in [9.17, 15) is 0 Å². The lowest BCUT2D eigenvalue weighted by Crippen LogP contribution is -2.17. The fourth-order valence-electron chi connectivity index (χ4n) is 1.89. The predicted molar refractivity (Wildman–Crippen MR) is 72.3 cm³/mol. The largest absolute Gasteiger partial charge is 0.329 e. The van der Waals surface area contributed by atoms with Crippen LogP contribution in [0.1, 0.15) is 30.2 Å². The second-order valence-electron chi connectivity index (χ2n) is 4.49. The van der Waals surface area contributed by atoms with E-state index in [4.69, 9.17) is 0 Å². The van der Waals surface area contributed by atoms with E-state index in [2.05, 4.69) is 39.8 Å². The molecule has 4 nitrogen and oxygen atoms in total. The van der Waals surface area contributed by atoms with Gasteiger partial charge in [-0.05, 0) is 37.1 Å². The molecule has 2 aromatic heterocycles. The molecule has 4 heteroatoms. The van der Waals surface area contributed by atoms with Crippen LogP contribution < -0.4 is 5.32 Å². The molecule has 0 fully saturated rings. The molecule has 0 unspecified atom stereocenters.